The number of furan rings is 1. The molecule has 0 saturated heterocycles. The highest BCUT2D eigenvalue weighted by atomic mass is 35.5. The van der Waals surface area contributed by atoms with Crippen LogP contribution in [0.1, 0.15) is 22.7 Å². The first kappa shape index (κ1) is 17.1. The molecule has 0 amide bonds. The first-order chi connectivity index (χ1) is 13.0. The van der Waals surface area contributed by atoms with E-state index in [-0.39, 0.29) is 0 Å². The minimum Gasteiger partial charge on any atom is -0.457 e. The summed E-state index contributed by atoms with van der Waals surface area (Å²) in [6.45, 7) is 3.97. The van der Waals surface area contributed by atoms with Gasteiger partial charge in [-0.2, -0.15) is 5.26 Å². The van der Waals surface area contributed by atoms with Crippen LogP contribution in [-0.2, 0) is 0 Å². The van der Waals surface area contributed by atoms with Crippen molar-refractivity contribution in [2.24, 2.45) is 0 Å². The SMILES string of the molecule is Cc1ccc2nc(C(C#N)=Cc3ccc(-c4cccc(Cl)c4C)o3)[nH]c2c1. The molecule has 4 rings (SSSR count). The van der Waals surface area contributed by atoms with Crippen LogP contribution >= 0.6 is 11.6 Å². The molecule has 1 N–H and O–H groups in total. The number of allylic oxidation sites excluding steroid dienone is 1. The van der Waals surface area contributed by atoms with Gasteiger partial charge in [-0.25, -0.2) is 4.98 Å². The van der Waals surface area contributed by atoms with Gasteiger partial charge in [-0.15, -0.1) is 0 Å². The predicted molar refractivity (Wildman–Crippen MR) is 108 cm³/mol. The van der Waals surface area contributed by atoms with Crippen molar-refractivity contribution in [2.45, 2.75) is 13.8 Å². The van der Waals surface area contributed by atoms with Gasteiger partial charge in [-0.1, -0.05) is 29.8 Å². The van der Waals surface area contributed by atoms with Crippen molar-refractivity contribution in [3.8, 4) is 17.4 Å². The van der Waals surface area contributed by atoms with Gasteiger partial charge in [-0.05, 0) is 55.3 Å². The van der Waals surface area contributed by atoms with Gasteiger partial charge < -0.3 is 9.40 Å². The second-order valence-corrected chi connectivity index (χ2v) is 6.80. The fraction of sp³-hybridized carbons (Fsp3) is 0.0909. The zero-order valence-electron chi connectivity index (χ0n) is 14.9. The molecule has 4 aromatic rings. The van der Waals surface area contributed by atoms with Gasteiger partial charge in [0.05, 0.1) is 16.6 Å². The quantitative estimate of drug-likeness (QED) is 0.437. The number of nitrogens with one attached hydrogen (secondary N) is 1. The van der Waals surface area contributed by atoms with Crippen LogP contribution in [0.5, 0.6) is 0 Å². The van der Waals surface area contributed by atoms with Crippen molar-refractivity contribution in [1.82, 2.24) is 9.97 Å². The number of aromatic nitrogens is 2. The van der Waals surface area contributed by atoms with E-state index in [9.17, 15) is 5.26 Å². The Kier molecular flexibility index (Phi) is 4.31. The van der Waals surface area contributed by atoms with Crippen molar-refractivity contribution in [1.29, 1.82) is 5.26 Å². The molecule has 0 aliphatic heterocycles. The molecular formula is C22H16ClN3O. The molecule has 2 aromatic carbocycles. The number of H-pyrrole nitrogens is 1. The molecule has 132 valence electrons. The molecule has 0 aliphatic carbocycles. The summed E-state index contributed by atoms with van der Waals surface area (Å²) < 4.78 is 5.92. The van der Waals surface area contributed by atoms with Gasteiger partial charge in [0.1, 0.15) is 23.4 Å². The van der Waals surface area contributed by atoms with Gasteiger partial charge in [0, 0.05) is 16.7 Å². The summed E-state index contributed by atoms with van der Waals surface area (Å²) in [5, 5.41) is 10.3. The summed E-state index contributed by atoms with van der Waals surface area (Å²) in [6.07, 6.45) is 1.69. The number of imidazole rings is 1. The highest BCUT2D eigenvalue weighted by Gasteiger charge is 2.12. The van der Waals surface area contributed by atoms with Crippen molar-refractivity contribution in [3.63, 3.8) is 0 Å². The van der Waals surface area contributed by atoms with Gasteiger partial charge in [0.2, 0.25) is 0 Å². The molecular weight excluding hydrogens is 358 g/mol. The van der Waals surface area contributed by atoms with Gasteiger partial charge in [0.15, 0.2) is 0 Å². The molecule has 0 unspecified atom stereocenters. The monoisotopic (exact) mass is 373 g/mol. The van der Waals surface area contributed by atoms with Crippen molar-refractivity contribution in [3.05, 3.63) is 76.3 Å². The number of aromatic amines is 1. The Morgan fingerprint density at radius 1 is 1.19 bits per heavy atom. The van der Waals surface area contributed by atoms with Crippen LogP contribution in [0.25, 0.3) is 34.0 Å². The number of nitriles is 1. The van der Waals surface area contributed by atoms with Crippen molar-refractivity contribution < 1.29 is 4.42 Å². The summed E-state index contributed by atoms with van der Waals surface area (Å²) in [5.74, 6) is 1.81. The number of benzene rings is 2. The first-order valence-corrected chi connectivity index (χ1v) is 8.87. The van der Waals surface area contributed by atoms with Crippen LogP contribution in [0.3, 0.4) is 0 Å². The molecule has 0 spiro atoms. The van der Waals surface area contributed by atoms with E-state index in [1.807, 2.05) is 62.4 Å². The van der Waals surface area contributed by atoms with Gasteiger partial charge >= 0.3 is 0 Å². The standard InChI is InChI=1S/C22H16ClN3O/c1-13-6-8-19-20(10-13)26-22(25-19)15(12-24)11-16-7-9-21(27-16)17-4-3-5-18(23)14(17)2/h3-11H,1-2H3,(H,25,26). The largest absolute Gasteiger partial charge is 0.457 e. The van der Waals surface area contributed by atoms with E-state index in [0.717, 1.165) is 27.7 Å². The molecule has 0 radical (unpaired) electrons. The Morgan fingerprint density at radius 3 is 2.85 bits per heavy atom. The fourth-order valence-corrected chi connectivity index (χ4v) is 3.17. The second-order valence-electron chi connectivity index (χ2n) is 6.39. The number of hydrogen-bond acceptors (Lipinski definition) is 3. The lowest BCUT2D eigenvalue weighted by molar-refractivity contribution is 0.571. The Labute approximate surface area is 161 Å². The lowest BCUT2D eigenvalue weighted by Crippen LogP contribution is -1.84. The zero-order valence-corrected chi connectivity index (χ0v) is 15.6. The molecule has 0 atom stereocenters. The third kappa shape index (κ3) is 3.25. The van der Waals surface area contributed by atoms with E-state index in [1.165, 1.54) is 0 Å². The molecule has 0 fully saturated rings. The van der Waals surface area contributed by atoms with Crippen LogP contribution in [-0.4, -0.2) is 9.97 Å². The van der Waals surface area contributed by atoms with E-state index in [4.69, 9.17) is 16.0 Å². The zero-order chi connectivity index (χ0) is 19.0. The van der Waals surface area contributed by atoms with Crippen LogP contribution < -0.4 is 0 Å². The number of fused-ring (bicyclic) bond motifs is 1. The van der Waals surface area contributed by atoms with E-state index >= 15 is 0 Å². The lowest BCUT2D eigenvalue weighted by atomic mass is 10.1. The summed E-state index contributed by atoms with van der Waals surface area (Å²) in [7, 11) is 0. The normalized spacial score (nSPS) is 11.7. The topological polar surface area (TPSA) is 65.6 Å². The van der Waals surface area contributed by atoms with Crippen LogP contribution in [0.2, 0.25) is 5.02 Å². The van der Waals surface area contributed by atoms with E-state index < -0.39 is 0 Å². The molecule has 4 nitrogen and oxygen atoms in total. The number of nitrogens with zero attached hydrogens (tertiary/aromatic N) is 2. The Bertz CT molecular complexity index is 1220. The van der Waals surface area contributed by atoms with E-state index in [2.05, 4.69) is 16.0 Å². The Balaban J connectivity index is 1.72. The minimum absolute atomic E-state index is 0.410. The molecule has 2 aromatic heterocycles. The number of aryl methyl sites for hydroxylation is 1. The Hall–Kier alpha value is -3.29. The molecule has 5 heteroatoms. The molecule has 0 saturated carbocycles. The third-order valence-electron chi connectivity index (χ3n) is 4.46. The summed E-state index contributed by atoms with van der Waals surface area (Å²) in [6, 6.07) is 17.5. The molecule has 0 aliphatic rings. The predicted octanol–water partition coefficient (Wildman–Crippen LogP) is 6.16. The molecule has 0 bridgehead atoms. The molecule has 2 heterocycles. The maximum atomic E-state index is 9.59. The van der Waals surface area contributed by atoms with Crippen molar-refractivity contribution >= 4 is 34.3 Å². The lowest BCUT2D eigenvalue weighted by Gasteiger charge is -2.03. The van der Waals surface area contributed by atoms with E-state index in [1.54, 1.807) is 6.08 Å². The van der Waals surface area contributed by atoms with Crippen molar-refractivity contribution in [2.75, 3.05) is 0 Å². The van der Waals surface area contributed by atoms with Gasteiger partial charge in [-0.3, -0.25) is 0 Å². The second kappa shape index (κ2) is 6.79. The maximum Gasteiger partial charge on any atom is 0.149 e. The fourth-order valence-electron chi connectivity index (χ4n) is 3.00. The van der Waals surface area contributed by atoms with Gasteiger partial charge in [0.25, 0.3) is 0 Å². The average molecular weight is 374 g/mol. The summed E-state index contributed by atoms with van der Waals surface area (Å²) in [5.41, 5.74) is 5.16. The number of rotatable bonds is 3. The van der Waals surface area contributed by atoms with E-state index in [0.29, 0.717) is 27.9 Å². The Morgan fingerprint density at radius 2 is 2.04 bits per heavy atom. The number of hydrogen-bond donors (Lipinski definition) is 1. The van der Waals surface area contributed by atoms with Crippen LogP contribution in [0.15, 0.2) is 52.9 Å². The highest BCUT2D eigenvalue weighted by Crippen LogP contribution is 2.30. The minimum atomic E-state index is 0.410. The molecule has 27 heavy (non-hydrogen) atoms. The third-order valence-corrected chi connectivity index (χ3v) is 4.87. The summed E-state index contributed by atoms with van der Waals surface area (Å²) >= 11 is 6.20. The highest BCUT2D eigenvalue weighted by molar-refractivity contribution is 6.31. The van der Waals surface area contributed by atoms with Crippen LogP contribution in [0, 0.1) is 25.2 Å². The van der Waals surface area contributed by atoms with Crippen LogP contribution in [0.4, 0.5) is 0 Å². The number of halogens is 1. The average Bonchev–Trinajstić information content (AvgIpc) is 3.28. The maximum absolute atomic E-state index is 9.59. The smallest absolute Gasteiger partial charge is 0.149 e. The first-order valence-electron chi connectivity index (χ1n) is 8.49. The summed E-state index contributed by atoms with van der Waals surface area (Å²) in [4.78, 5) is 7.71.